The van der Waals surface area contributed by atoms with Gasteiger partial charge in [0.25, 0.3) is 5.56 Å². The zero-order valence-corrected chi connectivity index (χ0v) is 10.5. The summed E-state index contributed by atoms with van der Waals surface area (Å²) in [6.45, 7) is 5.33. The highest BCUT2D eigenvalue weighted by atomic mass is 16.6. The second-order valence-electron chi connectivity index (χ2n) is 3.98. The molecule has 5 heteroatoms. The van der Waals surface area contributed by atoms with Crippen LogP contribution in [0, 0.1) is 0 Å². The maximum Gasteiger partial charge on any atom is 0.261 e. The summed E-state index contributed by atoms with van der Waals surface area (Å²) in [5.74, 6) is -0.0946. The Morgan fingerprint density at radius 2 is 2.26 bits per heavy atom. The lowest BCUT2D eigenvalue weighted by Gasteiger charge is -2.06. The van der Waals surface area contributed by atoms with Gasteiger partial charge in [0.1, 0.15) is 17.9 Å². The Balaban J connectivity index is 2.57. The average Bonchev–Trinajstić information content (AvgIpc) is 2.39. The number of hydrogen-bond donors (Lipinski definition) is 2. The summed E-state index contributed by atoms with van der Waals surface area (Å²) in [6.07, 6.45) is 1.54. The number of aromatic amines is 1. The largest absolute Gasteiger partial charge is 0.506 e. The van der Waals surface area contributed by atoms with Gasteiger partial charge < -0.3 is 14.9 Å². The van der Waals surface area contributed by atoms with Crippen LogP contribution in [-0.2, 0) is 4.84 Å². The number of oxime groups is 1. The van der Waals surface area contributed by atoms with Crippen LogP contribution in [0.4, 0.5) is 0 Å². The standard InChI is InChI=1S/C14H14N2O3/c1-3-8-19-16-9(2)12-13(17)10-6-4-5-7-11(10)15-14(12)18/h3-7H,1,8H2,2H3,(H2,15,17,18)/b16-9+. The maximum atomic E-state index is 12.0. The summed E-state index contributed by atoms with van der Waals surface area (Å²) in [5.41, 5.74) is 0.599. The molecule has 0 amide bonds. The van der Waals surface area contributed by atoms with Crippen LogP contribution in [0.2, 0.25) is 0 Å². The Bertz CT molecular complexity index is 701. The number of pyridine rings is 1. The molecule has 2 rings (SSSR count). The first-order chi connectivity index (χ1) is 9.15. The van der Waals surface area contributed by atoms with Crippen molar-refractivity contribution in [2.45, 2.75) is 6.92 Å². The molecule has 0 aliphatic heterocycles. The van der Waals surface area contributed by atoms with Gasteiger partial charge in [0.05, 0.1) is 11.2 Å². The molecule has 0 radical (unpaired) electrons. The average molecular weight is 258 g/mol. The Hall–Kier alpha value is -2.56. The second kappa shape index (κ2) is 5.39. The number of rotatable bonds is 4. The number of aromatic hydroxyl groups is 1. The van der Waals surface area contributed by atoms with Crippen molar-refractivity contribution in [2.75, 3.05) is 6.61 Å². The molecule has 0 aliphatic carbocycles. The van der Waals surface area contributed by atoms with Gasteiger partial charge in [0.2, 0.25) is 0 Å². The molecular formula is C14H14N2O3. The van der Waals surface area contributed by atoms with Crippen LogP contribution in [0.25, 0.3) is 10.9 Å². The van der Waals surface area contributed by atoms with E-state index in [9.17, 15) is 9.90 Å². The van der Waals surface area contributed by atoms with E-state index >= 15 is 0 Å². The van der Waals surface area contributed by atoms with E-state index in [4.69, 9.17) is 4.84 Å². The zero-order valence-electron chi connectivity index (χ0n) is 10.5. The summed E-state index contributed by atoms with van der Waals surface area (Å²) < 4.78 is 0. The predicted molar refractivity (Wildman–Crippen MR) is 74.6 cm³/mol. The van der Waals surface area contributed by atoms with Gasteiger partial charge in [-0.1, -0.05) is 29.9 Å². The molecule has 0 bridgehead atoms. The molecule has 0 fully saturated rings. The molecule has 0 aliphatic rings. The molecule has 0 saturated carbocycles. The van der Waals surface area contributed by atoms with Gasteiger partial charge in [-0.05, 0) is 19.1 Å². The van der Waals surface area contributed by atoms with Crippen molar-refractivity contribution < 1.29 is 9.94 Å². The van der Waals surface area contributed by atoms with Gasteiger partial charge in [-0.25, -0.2) is 0 Å². The maximum absolute atomic E-state index is 12.0. The lowest BCUT2D eigenvalue weighted by molar-refractivity contribution is 0.175. The first-order valence-electron chi connectivity index (χ1n) is 5.77. The van der Waals surface area contributed by atoms with E-state index < -0.39 is 5.56 Å². The molecule has 1 aromatic carbocycles. The number of aromatic nitrogens is 1. The minimum absolute atomic E-state index is 0.0946. The smallest absolute Gasteiger partial charge is 0.261 e. The molecule has 0 atom stereocenters. The summed E-state index contributed by atoms with van der Waals surface area (Å²) in [6, 6.07) is 7.01. The van der Waals surface area contributed by atoms with Crippen LogP contribution in [0.5, 0.6) is 5.75 Å². The van der Waals surface area contributed by atoms with Crippen molar-refractivity contribution in [3.05, 3.63) is 52.8 Å². The molecule has 0 spiro atoms. The first kappa shape index (κ1) is 12.9. The van der Waals surface area contributed by atoms with E-state index in [1.54, 1.807) is 37.3 Å². The topological polar surface area (TPSA) is 74.7 Å². The van der Waals surface area contributed by atoms with Gasteiger partial charge in [0, 0.05) is 5.39 Å². The predicted octanol–water partition coefficient (Wildman–Crippen LogP) is 2.16. The molecule has 5 nitrogen and oxygen atoms in total. The molecule has 98 valence electrons. The summed E-state index contributed by atoms with van der Waals surface area (Å²) in [7, 11) is 0. The Morgan fingerprint density at radius 1 is 1.53 bits per heavy atom. The monoisotopic (exact) mass is 258 g/mol. The van der Waals surface area contributed by atoms with Crippen molar-refractivity contribution in [3.8, 4) is 5.75 Å². The first-order valence-corrected chi connectivity index (χ1v) is 5.77. The molecule has 19 heavy (non-hydrogen) atoms. The number of fused-ring (bicyclic) bond motifs is 1. The Morgan fingerprint density at radius 3 is 3.00 bits per heavy atom. The van der Waals surface area contributed by atoms with Crippen molar-refractivity contribution in [2.24, 2.45) is 5.16 Å². The minimum atomic E-state index is -0.403. The summed E-state index contributed by atoms with van der Waals surface area (Å²) in [4.78, 5) is 19.6. The van der Waals surface area contributed by atoms with Gasteiger partial charge in [0.15, 0.2) is 0 Å². The van der Waals surface area contributed by atoms with Crippen molar-refractivity contribution in [1.29, 1.82) is 0 Å². The molecular weight excluding hydrogens is 244 g/mol. The fourth-order valence-electron chi connectivity index (χ4n) is 1.79. The zero-order chi connectivity index (χ0) is 13.8. The van der Waals surface area contributed by atoms with Crippen LogP contribution >= 0.6 is 0 Å². The number of para-hydroxylation sites is 1. The van der Waals surface area contributed by atoms with E-state index in [1.165, 1.54) is 0 Å². The number of nitrogens with one attached hydrogen (secondary N) is 1. The van der Waals surface area contributed by atoms with Crippen LogP contribution < -0.4 is 5.56 Å². The minimum Gasteiger partial charge on any atom is -0.506 e. The highest BCUT2D eigenvalue weighted by Crippen LogP contribution is 2.24. The lowest BCUT2D eigenvalue weighted by Crippen LogP contribution is -2.17. The van der Waals surface area contributed by atoms with E-state index in [0.29, 0.717) is 16.6 Å². The molecule has 0 unspecified atom stereocenters. The van der Waals surface area contributed by atoms with Crippen molar-refractivity contribution >= 4 is 16.6 Å². The number of H-pyrrole nitrogens is 1. The summed E-state index contributed by atoms with van der Waals surface area (Å²) in [5, 5.41) is 14.5. The van der Waals surface area contributed by atoms with E-state index in [0.717, 1.165) is 0 Å². The fraction of sp³-hybridized carbons (Fsp3) is 0.143. The van der Waals surface area contributed by atoms with E-state index in [2.05, 4.69) is 16.7 Å². The Labute approximate surface area is 109 Å². The number of nitrogens with zero attached hydrogens (tertiary/aromatic N) is 1. The van der Waals surface area contributed by atoms with E-state index in [-0.39, 0.29) is 17.9 Å². The van der Waals surface area contributed by atoms with Gasteiger partial charge in [-0.3, -0.25) is 4.79 Å². The van der Waals surface area contributed by atoms with Crippen molar-refractivity contribution in [1.82, 2.24) is 4.98 Å². The molecule has 2 aromatic rings. The third-order valence-electron chi connectivity index (χ3n) is 2.65. The second-order valence-corrected chi connectivity index (χ2v) is 3.98. The van der Waals surface area contributed by atoms with Crippen LogP contribution in [0.15, 0.2) is 46.9 Å². The number of benzene rings is 1. The molecule has 0 saturated heterocycles. The van der Waals surface area contributed by atoms with Gasteiger partial charge in [-0.15, -0.1) is 0 Å². The molecule has 2 N–H and O–H groups in total. The third-order valence-corrected chi connectivity index (χ3v) is 2.65. The SMILES string of the molecule is C=CCO/N=C(\C)c1c(O)c2ccccc2[nH]c1=O. The van der Waals surface area contributed by atoms with E-state index in [1.807, 2.05) is 0 Å². The number of hydrogen-bond acceptors (Lipinski definition) is 4. The van der Waals surface area contributed by atoms with Crippen molar-refractivity contribution in [3.63, 3.8) is 0 Å². The quantitative estimate of drug-likeness (QED) is 0.382. The normalized spacial score (nSPS) is 11.5. The van der Waals surface area contributed by atoms with Gasteiger partial charge >= 0.3 is 0 Å². The lowest BCUT2D eigenvalue weighted by atomic mass is 10.1. The van der Waals surface area contributed by atoms with Crippen LogP contribution in [0.1, 0.15) is 12.5 Å². The fourth-order valence-corrected chi connectivity index (χ4v) is 1.79. The van der Waals surface area contributed by atoms with Crippen LogP contribution in [0.3, 0.4) is 0 Å². The third kappa shape index (κ3) is 2.49. The van der Waals surface area contributed by atoms with Gasteiger partial charge in [-0.2, -0.15) is 0 Å². The highest BCUT2D eigenvalue weighted by molar-refractivity contribution is 6.04. The van der Waals surface area contributed by atoms with Crippen LogP contribution in [-0.4, -0.2) is 22.4 Å². The summed E-state index contributed by atoms with van der Waals surface area (Å²) >= 11 is 0. The Kier molecular flexibility index (Phi) is 3.66. The highest BCUT2D eigenvalue weighted by Gasteiger charge is 2.14. The molecule has 1 heterocycles. The molecule has 1 aromatic heterocycles.